The molecule has 35 heavy (non-hydrogen) atoms. The number of rotatable bonds is 6. The van der Waals surface area contributed by atoms with Gasteiger partial charge in [0, 0.05) is 42.4 Å². The minimum atomic E-state index is -0.574. The molecule has 9 heteroatoms. The van der Waals surface area contributed by atoms with Crippen molar-refractivity contribution >= 4 is 17.9 Å². The second-order valence-corrected chi connectivity index (χ2v) is 11.2. The van der Waals surface area contributed by atoms with Crippen molar-refractivity contribution < 1.29 is 28.5 Å². The quantitative estimate of drug-likeness (QED) is 0.534. The van der Waals surface area contributed by atoms with Gasteiger partial charge in [0.1, 0.15) is 11.2 Å². The van der Waals surface area contributed by atoms with Crippen molar-refractivity contribution in [3.63, 3.8) is 0 Å². The summed E-state index contributed by atoms with van der Waals surface area (Å²) in [7, 11) is 3.22. The predicted molar refractivity (Wildman–Crippen MR) is 134 cm³/mol. The highest BCUT2D eigenvalue weighted by Gasteiger charge is 2.47. The first kappa shape index (κ1) is 26.8. The summed E-state index contributed by atoms with van der Waals surface area (Å²) in [6.45, 7) is 12.3. The number of ether oxygens (including phenoxy) is 4. The molecule has 1 fully saturated rings. The van der Waals surface area contributed by atoms with E-state index >= 15 is 0 Å². The van der Waals surface area contributed by atoms with Crippen molar-refractivity contribution in [3.8, 4) is 11.5 Å². The Balaban J connectivity index is 1.79. The molecule has 2 aliphatic heterocycles. The number of fused-ring (bicyclic) bond motifs is 3. The SMILES string of the molecule is COc1cc2c(cc1OC)[C@@H]1[C@@H](CCN1C(=O)OC(C)(C)C)[C@@H](CCCNC(=O)OC(C)(C)C)N2. The van der Waals surface area contributed by atoms with Crippen LogP contribution in [0.5, 0.6) is 11.5 Å². The van der Waals surface area contributed by atoms with Gasteiger partial charge in [-0.1, -0.05) is 0 Å². The van der Waals surface area contributed by atoms with Gasteiger partial charge in [-0.2, -0.15) is 0 Å². The van der Waals surface area contributed by atoms with Crippen LogP contribution >= 0.6 is 0 Å². The van der Waals surface area contributed by atoms with Gasteiger partial charge in [-0.05, 0) is 66.9 Å². The molecule has 0 spiro atoms. The lowest BCUT2D eigenvalue weighted by molar-refractivity contribution is 0.0196. The number of amides is 2. The molecule has 2 amide bonds. The second kappa shape index (κ2) is 10.4. The Morgan fingerprint density at radius 2 is 1.66 bits per heavy atom. The number of likely N-dealkylation sites (tertiary alicyclic amines) is 1. The Labute approximate surface area is 208 Å². The monoisotopic (exact) mass is 491 g/mol. The van der Waals surface area contributed by atoms with Crippen molar-refractivity contribution in [3.05, 3.63) is 17.7 Å². The third kappa shape index (κ3) is 6.64. The normalized spacial score (nSPS) is 21.4. The lowest BCUT2D eigenvalue weighted by Gasteiger charge is -2.40. The standard InChI is InChI=1S/C26H41N3O6/c1-25(2,3)34-23(30)27-12-9-10-18-16-11-13-29(24(31)35-26(4,5)6)22(16)17-14-20(32-7)21(33-8)15-19(17)28-18/h14-16,18,22,28H,9-13H2,1-8H3,(H,27,30)/t16-,18+,22-/m0/s1. The summed E-state index contributed by atoms with van der Waals surface area (Å²) in [5.74, 6) is 1.46. The molecule has 2 aliphatic rings. The predicted octanol–water partition coefficient (Wildman–Crippen LogP) is 5.10. The maximum atomic E-state index is 13.1. The van der Waals surface area contributed by atoms with Crippen LogP contribution in [0.4, 0.5) is 15.3 Å². The zero-order chi connectivity index (χ0) is 26.0. The third-order valence-corrected chi connectivity index (χ3v) is 6.16. The first-order chi connectivity index (χ1) is 16.3. The molecule has 0 aliphatic carbocycles. The molecule has 1 aromatic carbocycles. The van der Waals surface area contributed by atoms with Crippen molar-refractivity contribution in [2.75, 3.05) is 32.6 Å². The van der Waals surface area contributed by atoms with Gasteiger partial charge in [-0.15, -0.1) is 0 Å². The lowest BCUT2D eigenvalue weighted by atomic mass is 9.81. The number of nitrogens with zero attached hydrogens (tertiary/aromatic N) is 1. The summed E-state index contributed by atoms with van der Waals surface area (Å²) in [6.07, 6.45) is 1.74. The summed E-state index contributed by atoms with van der Waals surface area (Å²) in [4.78, 5) is 27.0. The van der Waals surface area contributed by atoms with Crippen molar-refractivity contribution in [2.24, 2.45) is 5.92 Å². The topological polar surface area (TPSA) is 98.4 Å². The molecule has 0 aromatic heterocycles. The molecule has 2 N–H and O–H groups in total. The summed E-state index contributed by atoms with van der Waals surface area (Å²) in [5, 5.41) is 6.50. The van der Waals surface area contributed by atoms with Gasteiger partial charge in [0.05, 0.1) is 20.3 Å². The molecular weight excluding hydrogens is 450 g/mol. The van der Waals surface area contributed by atoms with E-state index < -0.39 is 17.3 Å². The van der Waals surface area contributed by atoms with Crippen LogP contribution in [0.2, 0.25) is 0 Å². The Morgan fingerprint density at radius 3 is 2.26 bits per heavy atom. The van der Waals surface area contributed by atoms with Crippen LogP contribution in [0.15, 0.2) is 12.1 Å². The first-order valence-corrected chi connectivity index (χ1v) is 12.3. The number of carbonyl (C=O) groups excluding carboxylic acids is 2. The second-order valence-electron chi connectivity index (χ2n) is 11.2. The summed E-state index contributed by atoms with van der Waals surface area (Å²) >= 11 is 0. The average molecular weight is 492 g/mol. The molecule has 3 rings (SSSR count). The average Bonchev–Trinajstić information content (AvgIpc) is 3.19. The lowest BCUT2D eigenvalue weighted by Crippen LogP contribution is -2.43. The van der Waals surface area contributed by atoms with Gasteiger partial charge < -0.3 is 34.5 Å². The van der Waals surface area contributed by atoms with Crippen LogP contribution in [0, 0.1) is 5.92 Å². The van der Waals surface area contributed by atoms with E-state index in [-0.39, 0.29) is 24.1 Å². The van der Waals surface area contributed by atoms with Crippen LogP contribution in [0.25, 0.3) is 0 Å². The minimum absolute atomic E-state index is 0.124. The fraction of sp³-hybridized carbons (Fsp3) is 0.692. The van der Waals surface area contributed by atoms with Crippen molar-refractivity contribution in [2.45, 2.75) is 84.1 Å². The fourth-order valence-electron chi connectivity index (χ4n) is 4.85. The van der Waals surface area contributed by atoms with Crippen LogP contribution in [-0.2, 0) is 9.47 Å². The molecule has 196 valence electrons. The summed E-state index contributed by atoms with van der Waals surface area (Å²) < 4.78 is 22.1. The Kier molecular flexibility index (Phi) is 7.97. The number of anilines is 1. The van der Waals surface area contributed by atoms with Crippen LogP contribution in [0.1, 0.15) is 72.4 Å². The van der Waals surface area contributed by atoms with Gasteiger partial charge in [0.25, 0.3) is 0 Å². The van der Waals surface area contributed by atoms with E-state index in [2.05, 4.69) is 10.6 Å². The number of carbonyl (C=O) groups is 2. The van der Waals surface area contributed by atoms with E-state index in [9.17, 15) is 9.59 Å². The van der Waals surface area contributed by atoms with Crippen LogP contribution in [-0.4, -0.2) is 61.6 Å². The highest BCUT2D eigenvalue weighted by molar-refractivity contribution is 5.72. The maximum absolute atomic E-state index is 13.1. The molecular formula is C26H41N3O6. The molecule has 0 bridgehead atoms. The Bertz CT molecular complexity index is 921. The third-order valence-electron chi connectivity index (χ3n) is 6.16. The van der Waals surface area contributed by atoms with Gasteiger partial charge in [-0.3, -0.25) is 0 Å². The molecule has 0 saturated carbocycles. The highest BCUT2D eigenvalue weighted by atomic mass is 16.6. The summed E-state index contributed by atoms with van der Waals surface area (Å²) in [6, 6.07) is 3.88. The largest absolute Gasteiger partial charge is 0.493 e. The first-order valence-electron chi connectivity index (χ1n) is 12.3. The van der Waals surface area contributed by atoms with Crippen LogP contribution in [0.3, 0.4) is 0 Å². The molecule has 9 nitrogen and oxygen atoms in total. The van der Waals surface area contributed by atoms with E-state index in [0.717, 1.165) is 30.5 Å². The number of methoxy groups -OCH3 is 2. The Morgan fingerprint density at radius 1 is 1.03 bits per heavy atom. The van der Waals surface area contributed by atoms with Crippen LogP contribution < -0.4 is 20.1 Å². The molecule has 3 atom stereocenters. The van der Waals surface area contributed by atoms with Gasteiger partial charge in [-0.25, -0.2) is 9.59 Å². The highest BCUT2D eigenvalue weighted by Crippen LogP contribution is 2.50. The van der Waals surface area contributed by atoms with E-state index in [0.29, 0.717) is 24.6 Å². The molecule has 0 unspecified atom stereocenters. The smallest absolute Gasteiger partial charge is 0.410 e. The van der Waals surface area contributed by atoms with E-state index in [1.165, 1.54) is 0 Å². The van der Waals surface area contributed by atoms with Gasteiger partial charge in [0.2, 0.25) is 0 Å². The van der Waals surface area contributed by atoms with Crippen molar-refractivity contribution in [1.82, 2.24) is 10.2 Å². The molecule has 1 saturated heterocycles. The number of alkyl carbamates (subject to hydrolysis) is 1. The van der Waals surface area contributed by atoms with E-state index in [4.69, 9.17) is 18.9 Å². The number of hydrogen-bond donors (Lipinski definition) is 2. The minimum Gasteiger partial charge on any atom is -0.493 e. The molecule has 1 aromatic rings. The molecule has 2 heterocycles. The number of benzene rings is 1. The van der Waals surface area contributed by atoms with Gasteiger partial charge >= 0.3 is 12.2 Å². The zero-order valence-electron chi connectivity index (χ0n) is 22.3. The van der Waals surface area contributed by atoms with Crippen molar-refractivity contribution in [1.29, 1.82) is 0 Å². The molecule has 0 radical (unpaired) electrons. The fourth-order valence-corrected chi connectivity index (χ4v) is 4.85. The number of hydrogen-bond acceptors (Lipinski definition) is 7. The zero-order valence-corrected chi connectivity index (χ0v) is 22.3. The Hall–Kier alpha value is -2.84. The summed E-state index contributed by atoms with van der Waals surface area (Å²) in [5.41, 5.74) is 0.819. The van der Waals surface area contributed by atoms with E-state index in [1.807, 2.05) is 58.6 Å². The van der Waals surface area contributed by atoms with E-state index in [1.54, 1.807) is 14.2 Å². The van der Waals surface area contributed by atoms with Gasteiger partial charge in [0.15, 0.2) is 11.5 Å². The number of nitrogens with one attached hydrogen (secondary N) is 2. The maximum Gasteiger partial charge on any atom is 0.410 e.